The second-order valence-corrected chi connectivity index (χ2v) is 2.11. The fourth-order valence-corrected chi connectivity index (χ4v) is 0.719. The summed E-state index contributed by atoms with van der Waals surface area (Å²) in [4.78, 5) is 18.3. The first-order chi connectivity index (χ1) is 5.65. The molecule has 5 N–H and O–H groups in total. The lowest BCUT2D eigenvalue weighted by Crippen LogP contribution is -2.20. The van der Waals surface area contributed by atoms with E-state index in [9.17, 15) is 4.79 Å². The van der Waals surface area contributed by atoms with E-state index in [-0.39, 0.29) is 23.2 Å². The lowest BCUT2D eigenvalue weighted by atomic mass is 10.3. The maximum Gasteiger partial charge on any atom is 0.256 e. The summed E-state index contributed by atoms with van der Waals surface area (Å²) >= 11 is 0. The van der Waals surface area contributed by atoms with Gasteiger partial charge in [-0.15, -0.1) is 0 Å². The van der Waals surface area contributed by atoms with E-state index in [1.807, 2.05) is 0 Å². The Kier molecular flexibility index (Phi) is 2.09. The molecule has 0 aromatic carbocycles. The number of nitrogen functional groups attached to an aromatic ring is 2. The Labute approximate surface area is 69.0 Å². The van der Waals surface area contributed by atoms with Crippen molar-refractivity contribution in [3.63, 3.8) is 0 Å². The van der Waals surface area contributed by atoms with Gasteiger partial charge in [0.25, 0.3) is 5.91 Å². The topological polar surface area (TPSA) is 107 Å². The van der Waals surface area contributed by atoms with E-state index in [1.165, 1.54) is 13.2 Å². The molecule has 6 heteroatoms. The zero-order chi connectivity index (χ0) is 9.14. The molecule has 0 aliphatic rings. The van der Waals surface area contributed by atoms with E-state index >= 15 is 0 Å². The molecular weight excluding hydrogens is 158 g/mol. The van der Waals surface area contributed by atoms with Crippen LogP contribution in [0.4, 0.5) is 11.8 Å². The third kappa shape index (κ3) is 1.42. The van der Waals surface area contributed by atoms with Crippen LogP contribution in [-0.2, 0) is 0 Å². The van der Waals surface area contributed by atoms with Gasteiger partial charge in [0.1, 0.15) is 5.82 Å². The quantitative estimate of drug-likeness (QED) is 0.497. The summed E-state index contributed by atoms with van der Waals surface area (Å²) < 4.78 is 0. The molecule has 0 aliphatic heterocycles. The van der Waals surface area contributed by atoms with Crippen LogP contribution in [0.15, 0.2) is 6.20 Å². The molecule has 64 valence electrons. The highest BCUT2D eigenvalue weighted by Gasteiger charge is 2.08. The van der Waals surface area contributed by atoms with E-state index in [1.54, 1.807) is 0 Å². The molecule has 0 atom stereocenters. The van der Waals surface area contributed by atoms with Gasteiger partial charge in [-0.3, -0.25) is 4.79 Å². The van der Waals surface area contributed by atoms with Crippen molar-refractivity contribution in [3.8, 4) is 0 Å². The van der Waals surface area contributed by atoms with Crippen molar-refractivity contribution >= 4 is 17.7 Å². The van der Waals surface area contributed by atoms with Crippen molar-refractivity contribution in [1.29, 1.82) is 0 Å². The molecule has 0 radical (unpaired) electrons. The highest BCUT2D eigenvalue weighted by Crippen LogP contribution is 2.06. The molecule has 0 saturated carbocycles. The third-order valence-electron chi connectivity index (χ3n) is 1.31. The number of nitrogens with one attached hydrogen (secondary N) is 1. The molecule has 1 rings (SSSR count). The first-order valence-corrected chi connectivity index (χ1v) is 3.25. The zero-order valence-electron chi connectivity index (χ0n) is 6.53. The van der Waals surface area contributed by atoms with Crippen LogP contribution in [0.5, 0.6) is 0 Å². The normalized spacial score (nSPS) is 9.42. The average Bonchev–Trinajstić information content (AvgIpc) is 2.03. The van der Waals surface area contributed by atoms with Gasteiger partial charge in [-0.25, -0.2) is 4.98 Å². The summed E-state index contributed by atoms with van der Waals surface area (Å²) in [5.74, 6) is -0.186. The number of nitrogens with zero attached hydrogens (tertiary/aromatic N) is 2. The third-order valence-corrected chi connectivity index (χ3v) is 1.31. The summed E-state index contributed by atoms with van der Waals surface area (Å²) in [5.41, 5.74) is 10.9. The lowest BCUT2D eigenvalue weighted by molar-refractivity contribution is 0.0963. The average molecular weight is 167 g/mol. The van der Waals surface area contributed by atoms with E-state index in [4.69, 9.17) is 11.5 Å². The lowest BCUT2D eigenvalue weighted by Gasteiger charge is -2.01. The van der Waals surface area contributed by atoms with Crippen molar-refractivity contribution in [2.75, 3.05) is 18.5 Å². The molecule has 0 aliphatic carbocycles. The summed E-state index contributed by atoms with van der Waals surface area (Å²) in [6, 6.07) is 0. The van der Waals surface area contributed by atoms with Gasteiger partial charge >= 0.3 is 0 Å². The number of hydrogen-bond donors (Lipinski definition) is 3. The van der Waals surface area contributed by atoms with E-state index in [0.717, 1.165) is 0 Å². The van der Waals surface area contributed by atoms with E-state index < -0.39 is 0 Å². The van der Waals surface area contributed by atoms with E-state index in [2.05, 4.69) is 15.3 Å². The van der Waals surface area contributed by atoms with Crippen LogP contribution < -0.4 is 16.8 Å². The predicted octanol–water partition coefficient (Wildman–Crippen LogP) is -0.999. The maximum absolute atomic E-state index is 11.0. The molecular formula is C6H9N5O. The van der Waals surface area contributed by atoms with Crippen molar-refractivity contribution in [2.24, 2.45) is 0 Å². The molecule has 6 nitrogen and oxygen atoms in total. The van der Waals surface area contributed by atoms with Crippen molar-refractivity contribution in [1.82, 2.24) is 15.3 Å². The second kappa shape index (κ2) is 3.04. The van der Waals surface area contributed by atoms with Crippen LogP contribution in [0.1, 0.15) is 10.4 Å². The monoisotopic (exact) mass is 167 g/mol. The summed E-state index contributed by atoms with van der Waals surface area (Å²) in [6.07, 6.45) is 1.29. The number of nitrogens with two attached hydrogens (primary N) is 2. The summed E-state index contributed by atoms with van der Waals surface area (Å²) in [6.45, 7) is 0. The number of anilines is 2. The van der Waals surface area contributed by atoms with Gasteiger partial charge in [0.05, 0.1) is 5.56 Å². The van der Waals surface area contributed by atoms with Crippen LogP contribution in [0.2, 0.25) is 0 Å². The van der Waals surface area contributed by atoms with E-state index in [0.29, 0.717) is 0 Å². The van der Waals surface area contributed by atoms with Gasteiger partial charge in [0, 0.05) is 13.2 Å². The van der Waals surface area contributed by atoms with Crippen LogP contribution >= 0.6 is 0 Å². The predicted molar refractivity (Wildman–Crippen MR) is 44.2 cm³/mol. The smallest absolute Gasteiger partial charge is 0.256 e. The molecule has 12 heavy (non-hydrogen) atoms. The second-order valence-electron chi connectivity index (χ2n) is 2.11. The summed E-state index contributed by atoms with van der Waals surface area (Å²) in [5, 5.41) is 2.40. The Hall–Kier alpha value is -1.85. The van der Waals surface area contributed by atoms with Crippen LogP contribution in [0, 0.1) is 0 Å². The molecule has 1 aromatic heterocycles. The zero-order valence-corrected chi connectivity index (χ0v) is 6.53. The fourth-order valence-electron chi connectivity index (χ4n) is 0.719. The molecule has 0 unspecified atom stereocenters. The number of aromatic nitrogens is 2. The molecule has 0 bridgehead atoms. The van der Waals surface area contributed by atoms with Crippen molar-refractivity contribution in [3.05, 3.63) is 11.8 Å². The molecule has 1 aromatic rings. The van der Waals surface area contributed by atoms with Gasteiger partial charge in [-0.1, -0.05) is 0 Å². The van der Waals surface area contributed by atoms with Crippen molar-refractivity contribution in [2.45, 2.75) is 0 Å². The number of carbonyl (C=O) groups excluding carboxylic acids is 1. The molecule has 0 fully saturated rings. The molecule has 1 amide bonds. The number of hydrogen-bond acceptors (Lipinski definition) is 5. The Morgan fingerprint density at radius 1 is 1.58 bits per heavy atom. The minimum atomic E-state index is -0.326. The first-order valence-electron chi connectivity index (χ1n) is 3.25. The highest BCUT2D eigenvalue weighted by atomic mass is 16.1. The Morgan fingerprint density at radius 3 is 2.75 bits per heavy atom. The fraction of sp³-hybridized carbons (Fsp3) is 0.167. The van der Waals surface area contributed by atoms with Gasteiger partial charge in [-0.05, 0) is 0 Å². The Morgan fingerprint density at radius 2 is 2.25 bits per heavy atom. The standard InChI is InChI=1S/C6H9N5O/c1-9-5(12)3-2-10-6(8)11-4(3)7/h2H,1H3,(H,9,12)(H4,7,8,10,11). The number of rotatable bonds is 1. The molecule has 0 spiro atoms. The van der Waals surface area contributed by atoms with Crippen molar-refractivity contribution < 1.29 is 4.79 Å². The Balaban J connectivity index is 3.09. The first kappa shape index (κ1) is 8.25. The number of amides is 1. The molecule has 0 saturated heterocycles. The van der Waals surface area contributed by atoms with Crippen LogP contribution in [0.25, 0.3) is 0 Å². The minimum absolute atomic E-state index is 0.0557. The minimum Gasteiger partial charge on any atom is -0.383 e. The SMILES string of the molecule is CNC(=O)c1cnc(N)nc1N. The van der Waals surface area contributed by atoms with Gasteiger partial charge in [0.2, 0.25) is 5.95 Å². The summed E-state index contributed by atoms with van der Waals surface area (Å²) in [7, 11) is 1.50. The molecule has 1 heterocycles. The largest absolute Gasteiger partial charge is 0.383 e. The van der Waals surface area contributed by atoms with Crippen LogP contribution in [0.3, 0.4) is 0 Å². The van der Waals surface area contributed by atoms with Gasteiger partial charge < -0.3 is 16.8 Å². The van der Waals surface area contributed by atoms with Crippen LogP contribution in [-0.4, -0.2) is 22.9 Å². The highest BCUT2D eigenvalue weighted by molar-refractivity contribution is 5.97. The maximum atomic E-state index is 11.0. The van der Waals surface area contributed by atoms with Gasteiger partial charge in [0.15, 0.2) is 0 Å². The van der Waals surface area contributed by atoms with Gasteiger partial charge in [-0.2, -0.15) is 4.98 Å². The number of carbonyl (C=O) groups is 1. The Bertz CT molecular complexity index is 311.